The highest BCUT2D eigenvalue weighted by Gasteiger charge is 2.35. The van der Waals surface area contributed by atoms with E-state index in [9.17, 15) is 17.6 Å². The molecule has 0 amide bonds. The van der Waals surface area contributed by atoms with Crippen molar-refractivity contribution < 1.29 is 27.4 Å². The van der Waals surface area contributed by atoms with Crippen molar-refractivity contribution in [1.29, 1.82) is 0 Å². The Bertz CT molecular complexity index is 423. The van der Waals surface area contributed by atoms with Crippen molar-refractivity contribution in [3.8, 4) is 5.75 Å². The van der Waals surface area contributed by atoms with Crippen LogP contribution in [-0.4, -0.2) is 30.9 Å². The highest BCUT2D eigenvalue weighted by molar-refractivity contribution is 5.36. The monoisotopic (exact) mass is 295 g/mol. The molecule has 7 heteroatoms. The molecule has 0 spiro atoms. The molecule has 1 atom stereocenters. The van der Waals surface area contributed by atoms with Crippen LogP contribution in [0.4, 0.5) is 17.6 Å². The third-order valence-corrected chi connectivity index (χ3v) is 2.72. The second kappa shape index (κ2) is 7.44. The van der Waals surface area contributed by atoms with Gasteiger partial charge in [0, 0.05) is 12.6 Å². The average molecular weight is 295 g/mol. The van der Waals surface area contributed by atoms with Gasteiger partial charge < -0.3 is 15.2 Å². The van der Waals surface area contributed by atoms with Crippen LogP contribution in [0.25, 0.3) is 0 Å². The van der Waals surface area contributed by atoms with Gasteiger partial charge in [-0.15, -0.1) is 0 Å². The Morgan fingerprint density at radius 1 is 1.35 bits per heavy atom. The summed E-state index contributed by atoms with van der Waals surface area (Å²) in [6.45, 7) is 2.11. The number of nitrogens with one attached hydrogen (secondary N) is 1. The lowest BCUT2D eigenvalue weighted by molar-refractivity contribution is -0.139. The molecule has 0 aliphatic rings. The predicted octanol–water partition coefficient (Wildman–Crippen LogP) is 2.58. The number of aliphatic hydroxyl groups excluding tert-OH is 1. The zero-order valence-corrected chi connectivity index (χ0v) is 11.0. The fourth-order valence-electron chi connectivity index (χ4n) is 1.63. The van der Waals surface area contributed by atoms with E-state index in [4.69, 9.17) is 9.84 Å². The molecule has 0 heterocycles. The minimum atomic E-state index is -4.67. The fraction of sp³-hybridized carbons (Fsp3) is 0.538. The van der Waals surface area contributed by atoms with E-state index < -0.39 is 23.3 Å². The van der Waals surface area contributed by atoms with Gasteiger partial charge in [-0.1, -0.05) is 6.92 Å². The molecular weight excluding hydrogens is 278 g/mol. The van der Waals surface area contributed by atoms with Crippen molar-refractivity contribution in [1.82, 2.24) is 5.32 Å². The van der Waals surface area contributed by atoms with Gasteiger partial charge in [-0.2, -0.15) is 13.2 Å². The van der Waals surface area contributed by atoms with Gasteiger partial charge in [-0.25, -0.2) is 4.39 Å². The van der Waals surface area contributed by atoms with E-state index in [-0.39, 0.29) is 19.3 Å². The Labute approximate surface area is 114 Å². The number of benzene rings is 1. The summed E-state index contributed by atoms with van der Waals surface area (Å²) in [5, 5.41) is 11.6. The number of rotatable bonds is 7. The van der Waals surface area contributed by atoms with Crippen LogP contribution in [-0.2, 0) is 6.18 Å². The lowest BCUT2D eigenvalue weighted by Crippen LogP contribution is -2.36. The molecule has 2 N–H and O–H groups in total. The summed E-state index contributed by atoms with van der Waals surface area (Å²) in [4.78, 5) is 0. The van der Waals surface area contributed by atoms with E-state index in [1.807, 2.05) is 6.92 Å². The van der Waals surface area contributed by atoms with Crippen LogP contribution in [0.2, 0.25) is 0 Å². The van der Waals surface area contributed by atoms with Crippen LogP contribution in [0, 0.1) is 5.82 Å². The summed E-state index contributed by atoms with van der Waals surface area (Å²) in [5.41, 5.74) is -1.13. The second-order valence-corrected chi connectivity index (χ2v) is 4.23. The van der Waals surface area contributed by atoms with Crippen LogP contribution in [0.5, 0.6) is 5.75 Å². The minimum Gasteiger partial charge on any atom is -0.491 e. The van der Waals surface area contributed by atoms with Crippen molar-refractivity contribution in [2.24, 2.45) is 0 Å². The molecule has 0 saturated heterocycles. The number of hydrogen-bond donors (Lipinski definition) is 2. The third-order valence-electron chi connectivity index (χ3n) is 2.72. The zero-order valence-electron chi connectivity index (χ0n) is 11.0. The lowest BCUT2D eigenvalue weighted by atomic mass is 10.2. The number of aliphatic hydroxyl groups is 1. The molecule has 0 bridgehead atoms. The van der Waals surface area contributed by atoms with Crippen LogP contribution in [0.1, 0.15) is 18.9 Å². The van der Waals surface area contributed by atoms with Gasteiger partial charge in [0.15, 0.2) is 0 Å². The third kappa shape index (κ3) is 4.97. The highest BCUT2D eigenvalue weighted by Crippen LogP contribution is 2.36. The Hall–Kier alpha value is -1.34. The van der Waals surface area contributed by atoms with Gasteiger partial charge in [0.05, 0.1) is 6.61 Å². The van der Waals surface area contributed by atoms with E-state index in [2.05, 4.69) is 5.32 Å². The molecule has 0 aliphatic heterocycles. The van der Waals surface area contributed by atoms with Crippen LogP contribution >= 0.6 is 0 Å². The van der Waals surface area contributed by atoms with E-state index in [0.717, 1.165) is 12.1 Å². The maximum atomic E-state index is 12.9. The number of alkyl halides is 3. The Kier molecular flexibility index (Phi) is 6.22. The molecule has 20 heavy (non-hydrogen) atoms. The van der Waals surface area contributed by atoms with Crippen molar-refractivity contribution >= 4 is 0 Å². The van der Waals surface area contributed by atoms with Crippen molar-refractivity contribution in [3.05, 3.63) is 29.6 Å². The van der Waals surface area contributed by atoms with Crippen LogP contribution in [0.15, 0.2) is 18.2 Å². The molecule has 114 valence electrons. The molecule has 0 aliphatic carbocycles. The van der Waals surface area contributed by atoms with Crippen molar-refractivity contribution in [3.63, 3.8) is 0 Å². The molecule has 0 fully saturated rings. The normalized spacial score (nSPS) is 13.3. The lowest BCUT2D eigenvalue weighted by Gasteiger charge is -2.19. The largest absolute Gasteiger partial charge is 0.491 e. The summed E-state index contributed by atoms with van der Waals surface area (Å²) in [5.74, 6) is -1.36. The molecule has 3 nitrogen and oxygen atoms in total. The molecular formula is C13H17F4NO2. The smallest absolute Gasteiger partial charge is 0.420 e. The molecule has 0 aromatic heterocycles. The van der Waals surface area contributed by atoms with Gasteiger partial charge in [0.1, 0.15) is 23.7 Å². The van der Waals surface area contributed by atoms with Crippen molar-refractivity contribution in [2.75, 3.05) is 19.8 Å². The highest BCUT2D eigenvalue weighted by atomic mass is 19.4. The van der Waals surface area contributed by atoms with E-state index >= 15 is 0 Å². The second-order valence-electron chi connectivity index (χ2n) is 4.23. The van der Waals surface area contributed by atoms with Gasteiger partial charge in [-0.3, -0.25) is 0 Å². The van der Waals surface area contributed by atoms with E-state index in [1.165, 1.54) is 0 Å². The first-order valence-electron chi connectivity index (χ1n) is 6.22. The first-order valence-corrected chi connectivity index (χ1v) is 6.22. The maximum Gasteiger partial charge on any atom is 0.420 e. The number of hydrogen-bond acceptors (Lipinski definition) is 3. The fourth-order valence-corrected chi connectivity index (χ4v) is 1.63. The molecule has 1 rings (SSSR count). The quantitative estimate of drug-likeness (QED) is 0.760. The minimum absolute atomic E-state index is 0.00517. The predicted molar refractivity (Wildman–Crippen MR) is 66.1 cm³/mol. The summed E-state index contributed by atoms with van der Waals surface area (Å²) >= 11 is 0. The summed E-state index contributed by atoms with van der Waals surface area (Å²) in [6.07, 6.45) is -4.04. The van der Waals surface area contributed by atoms with Gasteiger partial charge >= 0.3 is 6.18 Å². The number of halogens is 4. The SMILES string of the molecule is CC[C@H](COc1ccc(F)cc1C(F)(F)F)NCCO. The molecule has 1 aromatic carbocycles. The topological polar surface area (TPSA) is 41.5 Å². The van der Waals surface area contributed by atoms with Gasteiger partial charge in [0.25, 0.3) is 0 Å². The first kappa shape index (κ1) is 16.7. The van der Waals surface area contributed by atoms with Gasteiger partial charge in [0.2, 0.25) is 0 Å². The maximum absolute atomic E-state index is 12.9. The standard InChI is InChI=1S/C13H17F4NO2/c1-2-10(18-5-6-19)8-20-12-4-3-9(14)7-11(12)13(15,16)17/h3-4,7,10,18-19H,2,5-6,8H2,1H3/t10-/m1/s1. The summed E-state index contributed by atoms with van der Waals surface area (Å²) in [7, 11) is 0. The molecule has 0 radical (unpaired) electrons. The van der Waals surface area contributed by atoms with E-state index in [0.29, 0.717) is 19.0 Å². The number of ether oxygens (including phenoxy) is 1. The van der Waals surface area contributed by atoms with Crippen LogP contribution in [0.3, 0.4) is 0 Å². The summed E-state index contributed by atoms with van der Waals surface area (Å²) in [6, 6.07) is 2.12. The van der Waals surface area contributed by atoms with E-state index in [1.54, 1.807) is 0 Å². The average Bonchev–Trinajstić information content (AvgIpc) is 2.39. The molecule has 1 aromatic rings. The van der Waals surface area contributed by atoms with Crippen LogP contribution < -0.4 is 10.1 Å². The first-order chi connectivity index (χ1) is 9.38. The van der Waals surface area contributed by atoms with Crippen molar-refractivity contribution in [2.45, 2.75) is 25.6 Å². The Morgan fingerprint density at radius 2 is 2.05 bits per heavy atom. The molecule has 0 saturated carbocycles. The summed E-state index contributed by atoms with van der Waals surface area (Å²) < 4.78 is 56.3. The zero-order chi connectivity index (χ0) is 15.2. The van der Waals surface area contributed by atoms with Gasteiger partial charge in [-0.05, 0) is 24.6 Å². The Morgan fingerprint density at radius 3 is 2.60 bits per heavy atom. The molecule has 0 unspecified atom stereocenters. The Balaban J connectivity index is 2.76.